The van der Waals surface area contributed by atoms with Crippen molar-refractivity contribution in [1.29, 1.82) is 0 Å². The van der Waals surface area contributed by atoms with Crippen LogP contribution in [0.25, 0.3) is 10.8 Å². The lowest BCUT2D eigenvalue weighted by atomic mass is 10.1. The van der Waals surface area contributed by atoms with Crippen LogP contribution in [0.1, 0.15) is 11.1 Å². The van der Waals surface area contributed by atoms with Gasteiger partial charge in [0, 0.05) is 9.79 Å². The van der Waals surface area contributed by atoms with Crippen LogP contribution in [0.3, 0.4) is 0 Å². The van der Waals surface area contributed by atoms with E-state index >= 15 is 0 Å². The Hall–Kier alpha value is -1.73. The summed E-state index contributed by atoms with van der Waals surface area (Å²) in [7, 11) is 0. The van der Waals surface area contributed by atoms with E-state index in [9.17, 15) is 0 Å². The molecule has 0 bridgehead atoms. The summed E-state index contributed by atoms with van der Waals surface area (Å²) >= 11 is 1.86. The second-order valence-corrected chi connectivity index (χ2v) is 6.09. The van der Waals surface area contributed by atoms with E-state index in [1.165, 1.54) is 44.5 Å². The van der Waals surface area contributed by atoms with Crippen molar-refractivity contribution in [1.82, 2.24) is 0 Å². The summed E-state index contributed by atoms with van der Waals surface area (Å²) in [6.07, 6.45) is 2.40. The first kappa shape index (κ1) is 11.1. The fourth-order valence-electron chi connectivity index (χ4n) is 2.92. The number of benzene rings is 3. The molecule has 0 nitrogen and oxygen atoms in total. The first-order valence-corrected chi connectivity index (χ1v) is 7.50. The smallest absolute Gasteiger partial charge is 0.0201 e. The van der Waals surface area contributed by atoms with Crippen molar-refractivity contribution in [2.75, 3.05) is 0 Å². The van der Waals surface area contributed by atoms with Gasteiger partial charge >= 0.3 is 0 Å². The molecule has 3 aromatic carbocycles. The van der Waals surface area contributed by atoms with Crippen molar-refractivity contribution in [3.63, 3.8) is 0 Å². The monoisotopic (exact) mass is 262 g/mol. The molecule has 0 fully saturated rings. The van der Waals surface area contributed by atoms with Gasteiger partial charge in [0.2, 0.25) is 0 Å². The van der Waals surface area contributed by atoms with Crippen LogP contribution in [0.5, 0.6) is 0 Å². The molecule has 0 aliphatic heterocycles. The summed E-state index contributed by atoms with van der Waals surface area (Å²) in [6, 6.07) is 21.9. The number of rotatable bonds is 2. The Morgan fingerprint density at radius 1 is 0.684 bits per heavy atom. The third-order valence-electron chi connectivity index (χ3n) is 3.81. The molecule has 0 saturated heterocycles. The summed E-state index contributed by atoms with van der Waals surface area (Å²) < 4.78 is 0. The van der Waals surface area contributed by atoms with Crippen LogP contribution in [0.15, 0.2) is 70.5 Å². The lowest BCUT2D eigenvalue weighted by Crippen LogP contribution is -1.82. The fourth-order valence-corrected chi connectivity index (χ4v) is 3.89. The average molecular weight is 262 g/mol. The number of hydrogen-bond acceptors (Lipinski definition) is 1. The summed E-state index contributed by atoms with van der Waals surface area (Å²) in [6.45, 7) is 0. The molecule has 0 aromatic heterocycles. The van der Waals surface area contributed by atoms with Crippen LogP contribution in [0.2, 0.25) is 0 Å². The highest BCUT2D eigenvalue weighted by Crippen LogP contribution is 2.38. The minimum absolute atomic E-state index is 1.20. The summed E-state index contributed by atoms with van der Waals surface area (Å²) in [5, 5.41) is 2.92. The van der Waals surface area contributed by atoms with Crippen molar-refractivity contribution >= 4 is 22.5 Å². The molecule has 0 amide bonds. The maximum Gasteiger partial charge on any atom is 0.0201 e. The highest BCUT2D eigenvalue weighted by Gasteiger charge is 2.15. The van der Waals surface area contributed by atoms with Gasteiger partial charge in [-0.3, -0.25) is 0 Å². The summed E-state index contributed by atoms with van der Waals surface area (Å²) in [5.41, 5.74) is 3.03. The summed E-state index contributed by atoms with van der Waals surface area (Å²) in [5.74, 6) is 0. The topological polar surface area (TPSA) is 0 Å². The van der Waals surface area contributed by atoms with Crippen molar-refractivity contribution < 1.29 is 0 Å². The normalized spacial score (nSPS) is 13.1. The van der Waals surface area contributed by atoms with E-state index in [0.29, 0.717) is 0 Å². The molecule has 4 rings (SSSR count). The maximum absolute atomic E-state index is 2.31. The van der Waals surface area contributed by atoms with E-state index in [2.05, 4.69) is 60.7 Å². The van der Waals surface area contributed by atoms with E-state index in [0.717, 1.165) is 0 Å². The molecule has 3 aromatic rings. The van der Waals surface area contributed by atoms with E-state index in [1.54, 1.807) is 0 Å². The summed E-state index contributed by atoms with van der Waals surface area (Å²) in [4.78, 5) is 2.68. The molecule has 1 aliphatic carbocycles. The second-order valence-electron chi connectivity index (χ2n) is 4.98. The van der Waals surface area contributed by atoms with Gasteiger partial charge in [-0.15, -0.1) is 0 Å². The second kappa shape index (κ2) is 4.43. The van der Waals surface area contributed by atoms with Gasteiger partial charge in [-0.25, -0.2) is 0 Å². The molecule has 0 saturated carbocycles. The van der Waals surface area contributed by atoms with Crippen molar-refractivity contribution in [3.8, 4) is 0 Å². The van der Waals surface area contributed by atoms with Gasteiger partial charge in [0.15, 0.2) is 0 Å². The van der Waals surface area contributed by atoms with Crippen LogP contribution < -0.4 is 0 Å². The number of aryl methyl sites for hydroxylation is 2. The van der Waals surface area contributed by atoms with E-state index in [4.69, 9.17) is 0 Å². The predicted octanol–water partition coefficient (Wildman–Crippen LogP) is 5.09. The molecular formula is C18H14S. The molecule has 1 aliphatic rings. The molecule has 0 heterocycles. The van der Waals surface area contributed by atoms with Gasteiger partial charge < -0.3 is 0 Å². The predicted molar refractivity (Wildman–Crippen MR) is 81.9 cm³/mol. The third-order valence-corrected chi connectivity index (χ3v) is 4.89. The van der Waals surface area contributed by atoms with Gasteiger partial charge in [0.05, 0.1) is 0 Å². The molecule has 0 radical (unpaired) electrons. The van der Waals surface area contributed by atoms with Crippen LogP contribution >= 0.6 is 11.8 Å². The standard InChI is InChI=1S/C18H14S/c1-2-6-15(7-3-1)19-17-12-11-14-10-9-13-5-4-8-16(17)18(13)14/h1-8,11-12H,9-10H2. The third kappa shape index (κ3) is 1.85. The Balaban J connectivity index is 1.88. The molecule has 0 atom stereocenters. The average Bonchev–Trinajstić information content (AvgIpc) is 2.88. The van der Waals surface area contributed by atoms with Crippen molar-refractivity contribution in [3.05, 3.63) is 71.8 Å². The Morgan fingerprint density at radius 3 is 2.32 bits per heavy atom. The number of hydrogen-bond donors (Lipinski definition) is 0. The Bertz CT molecular complexity index is 734. The minimum Gasteiger partial charge on any atom is -0.0895 e. The van der Waals surface area contributed by atoms with Crippen molar-refractivity contribution in [2.24, 2.45) is 0 Å². The van der Waals surface area contributed by atoms with Crippen molar-refractivity contribution in [2.45, 2.75) is 22.6 Å². The van der Waals surface area contributed by atoms with Gasteiger partial charge in [-0.05, 0) is 52.9 Å². The molecule has 0 N–H and O–H groups in total. The van der Waals surface area contributed by atoms with Crippen LogP contribution in [0, 0.1) is 0 Å². The van der Waals surface area contributed by atoms with E-state index in [-0.39, 0.29) is 0 Å². The molecule has 1 heteroatoms. The van der Waals surface area contributed by atoms with Gasteiger partial charge in [0.1, 0.15) is 0 Å². The van der Waals surface area contributed by atoms with Crippen LogP contribution in [-0.4, -0.2) is 0 Å². The largest absolute Gasteiger partial charge is 0.0895 e. The Kier molecular flexibility index (Phi) is 2.59. The zero-order chi connectivity index (χ0) is 12.7. The van der Waals surface area contributed by atoms with Gasteiger partial charge in [-0.1, -0.05) is 54.2 Å². The molecule has 0 spiro atoms. The zero-order valence-electron chi connectivity index (χ0n) is 10.6. The maximum atomic E-state index is 2.31. The fraction of sp³-hybridized carbons (Fsp3) is 0.111. The van der Waals surface area contributed by atoms with E-state index < -0.39 is 0 Å². The van der Waals surface area contributed by atoms with Crippen LogP contribution in [-0.2, 0) is 12.8 Å². The first-order chi connectivity index (χ1) is 9.42. The lowest BCUT2D eigenvalue weighted by molar-refractivity contribution is 1.02. The minimum atomic E-state index is 1.20. The SMILES string of the molecule is c1ccc(Sc2ccc3c4c(cccc24)CC3)cc1. The van der Waals surface area contributed by atoms with Gasteiger partial charge in [0.25, 0.3) is 0 Å². The molecular weight excluding hydrogens is 248 g/mol. The first-order valence-electron chi connectivity index (χ1n) is 6.68. The lowest BCUT2D eigenvalue weighted by Gasteiger charge is -2.08. The van der Waals surface area contributed by atoms with Gasteiger partial charge in [-0.2, -0.15) is 0 Å². The highest BCUT2D eigenvalue weighted by atomic mass is 32.2. The molecule has 0 unspecified atom stereocenters. The van der Waals surface area contributed by atoms with Crippen LogP contribution in [0.4, 0.5) is 0 Å². The quantitative estimate of drug-likeness (QED) is 0.620. The Morgan fingerprint density at radius 2 is 1.47 bits per heavy atom. The Labute approximate surface area is 117 Å². The zero-order valence-corrected chi connectivity index (χ0v) is 11.4. The molecule has 92 valence electrons. The highest BCUT2D eigenvalue weighted by molar-refractivity contribution is 7.99. The van der Waals surface area contributed by atoms with E-state index in [1.807, 2.05) is 11.8 Å². The molecule has 19 heavy (non-hydrogen) atoms.